The van der Waals surface area contributed by atoms with Crippen LogP contribution < -0.4 is 28.5 Å². The lowest BCUT2D eigenvalue weighted by atomic mass is 10.1. The summed E-state index contributed by atoms with van der Waals surface area (Å²) in [6, 6.07) is 1.50. The average Bonchev–Trinajstić information content (AvgIpc) is 2.96. The highest BCUT2D eigenvalue weighted by Crippen LogP contribution is 2.15. The Morgan fingerprint density at radius 1 is 0.893 bits per heavy atom. The van der Waals surface area contributed by atoms with Crippen LogP contribution in [0.5, 0.6) is 0 Å². The van der Waals surface area contributed by atoms with Crippen molar-refractivity contribution < 1.29 is 28.5 Å². The number of aromatic nitrogens is 2. The summed E-state index contributed by atoms with van der Waals surface area (Å²) >= 11 is 0. The van der Waals surface area contributed by atoms with Gasteiger partial charge in [-0.15, -0.1) is 0 Å². The van der Waals surface area contributed by atoms with Gasteiger partial charge in [-0.05, 0) is 19.3 Å². The molecule has 0 spiro atoms. The van der Waals surface area contributed by atoms with E-state index in [0.29, 0.717) is 0 Å². The first-order valence-corrected chi connectivity index (χ1v) is 15.2. The lowest BCUT2D eigenvalue weighted by molar-refractivity contribution is -0.702. The van der Waals surface area contributed by atoms with Crippen molar-refractivity contribution in [1.82, 2.24) is 4.57 Å². The quantitative estimate of drug-likeness (QED) is 0.117. The van der Waals surface area contributed by atoms with E-state index in [2.05, 4.69) is 66.9 Å². The third kappa shape index (κ3) is 13.8. The zero-order valence-electron chi connectivity index (χ0n) is 19.3. The second-order valence-electron chi connectivity index (χ2n) is 9.26. The van der Waals surface area contributed by atoms with Crippen molar-refractivity contribution in [1.29, 1.82) is 0 Å². The Morgan fingerprint density at radius 2 is 1.54 bits per heavy atom. The van der Waals surface area contributed by atoms with E-state index >= 15 is 0 Å². The highest BCUT2D eigenvalue weighted by molar-refractivity contribution is 6.76. The highest BCUT2D eigenvalue weighted by atomic mass is 127. The van der Waals surface area contributed by atoms with Gasteiger partial charge >= 0.3 is 0 Å². The van der Waals surface area contributed by atoms with Crippen molar-refractivity contribution in [2.75, 3.05) is 0 Å². The predicted molar refractivity (Wildman–Crippen MR) is 122 cm³/mol. The molecule has 1 rings (SSSR count). The van der Waals surface area contributed by atoms with Crippen LogP contribution in [-0.2, 0) is 13.1 Å². The maximum absolute atomic E-state index is 3.33. The topological polar surface area (TPSA) is 8.81 Å². The van der Waals surface area contributed by atoms with Crippen LogP contribution in [0.4, 0.5) is 0 Å². The standard InChI is InChI=1S/C24H45N2Si.HI/c1-6-7-8-9-13-16-19-25-21-22-26(24(25)2)20-17-14-11-10-12-15-18-23-27(3,4)5;/h21-22H,6-12,14-15,17-20,23H2,1-5H3;1H/q+1;/p-1. The number of nitrogens with zero attached hydrogens (tertiary/aromatic N) is 2. The summed E-state index contributed by atoms with van der Waals surface area (Å²) in [5, 5.41) is 0. The second kappa shape index (κ2) is 16.5. The van der Waals surface area contributed by atoms with E-state index in [1.54, 1.807) is 0 Å². The van der Waals surface area contributed by atoms with Gasteiger partial charge in [-0.1, -0.05) is 89.4 Å². The Balaban J connectivity index is 0.00000729. The molecule has 1 aromatic rings. The van der Waals surface area contributed by atoms with E-state index in [9.17, 15) is 0 Å². The minimum Gasteiger partial charge on any atom is -1.00 e. The summed E-state index contributed by atoms with van der Waals surface area (Å²) in [4.78, 5) is 0. The summed E-state index contributed by atoms with van der Waals surface area (Å²) in [5.41, 5.74) is 0. The van der Waals surface area contributed by atoms with E-state index in [1.807, 2.05) is 0 Å². The molecule has 162 valence electrons. The van der Waals surface area contributed by atoms with Gasteiger partial charge in [0, 0.05) is 21.4 Å². The number of rotatable bonds is 14. The second-order valence-corrected chi connectivity index (χ2v) is 14.9. The van der Waals surface area contributed by atoms with Crippen molar-refractivity contribution in [3.8, 4) is 11.8 Å². The molecule has 0 saturated carbocycles. The number of hydrogen-bond acceptors (Lipinski definition) is 0. The first kappa shape index (κ1) is 27.7. The smallest absolute Gasteiger partial charge is 0.254 e. The van der Waals surface area contributed by atoms with Crippen LogP contribution >= 0.6 is 0 Å². The normalized spacial score (nSPS) is 11.0. The molecule has 1 heterocycles. The van der Waals surface area contributed by atoms with Gasteiger partial charge in [0.1, 0.15) is 12.4 Å². The van der Waals surface area contributed by atoms with E-state index in [1.165, 1.54) is 76.1 Å². The Hall–Kier alpha value is -0.283. The zero-order chi connectivity index (χ0) is 20.0. The number of unbranched alkanes of at least 4 members (excludes halogenated alkanes) is 9. The van der Waals surface area contributed by atoms with Gasteiger partial charge in [0.15, 0.2) is 6.54 Å². The van der Waals surface area contributed by atoms with Crippen LogP contribution in [0.15, 0.2) is 12.4 Å². The molecule has 0 aliphatic carbocycles. The van der Waals surface area contributed by atoms with Crippen LogP contribution in [0.3, 0.4) is 0 Å². The van der Waals surface area contributed by atoms with Gasteiger partial charge in [0.05, 0.1) is 6.54 Å². The molecule has 0 aromatic carbocycles. The summed E-state index contributed by atoms with van der Waals surface area (Å²) in [5.74, 6) is 7.98. The van der Waals surface area contributed by atoms with Crippen LogP contribution in [0, 0.1) is 18.8 Å². The van der Waals surface area contributed by atoms with Crippen LogP contribution in [0.25, 0.3) is 0 Å². The third-order valence-corrected chi connectivity index (χ3v) is 7.22. The maximum atomic E-state index is 3.33. The lowest BCUT2D eigenvalue weighted by Crippen LogP contribution is -3.00. The molecule has 0 atom stereocenters. The average molecular weight is 517 g/mol. The summed E-state index contributed by atoms with van der Waals surface area (Å²) in [6.07, 6.45) is 19.1. The summed E-state index contributed by atoms with van der Waals surface area (Å²) in [7, 11) is -0.809. The van der Waals surface area contributed by atoms with Gasteiger partial charge in [0.2, 0.25) is 0 Å². The molecule has 2 nitrogen and oxygen atoms in total. The predicted octanol–water partition coefficient (Wildman–Crippen LogP) is 3.74. The van der Waals surface area contributed by atoms with Gasteiger partial charge in [-0.2, -0.15) is 0 Å². The highest BCUT2D eigenvalue weighted by Gasteiger charge is 2.12. The van der Waals surface area contributed by atoms with Gasteiger partial charge in [0.25, 0.3) is 5.82 Å². The van der Waals surface area contributed by atoms with Gasteiger partial charge in [-0.25, -0.2) is 9.13 Å². The molecule has 0 amide bonds. The van der Waals surface area contributed by atoms with Gasteiger partial charge in [-0.3, -0.25) is 0 Å². The zero-order valence-corrected chi connectivity index (χ0v) is 22.5. The van der Waals surface area contributed by atoms with E-state index in [4.69, 9.17) is 0 Å². The SMILES string of the molecule is CCCCCC#CCn1cc[n+](CCCCCCCCC[Si](C)(C)C)c1C.[I-]. The number of aryl methyl sites for hydroxylation is 1. The maximum Gasteiger partial charge on any atom is 0.254 e. The van der Waals surface area contributed by atoms with E-state index < -0.39 is 8.07 Å². The minimum absolute atomic E-state index is 0. The van der Waals surface area contributed by atoms with Crippen LogP contribution in [0.1, 0.15) is 83.4 Å². The third-order valence-electron chi connectivity index (χ3n) is 5.36. The molecule has 0 fully saturated rings. The largest absolute Gasteiger partial charge is 1.00 e. The van der Waals surface area contributed by atoms with Crippen molar-refractivity contribution >= 4 is 8.07 Å². The molecule has 0 radical (unpaired) electrons. The van der Waals surface area contributed by atoms with E-state index in [-0.39, 0.29) is 24.0 Å². The molecule has 0 N–H and O–H groups in total. The monoisotopic (exact) mass is 516 g/mol. The molecule has 0 bridgehead atoms. The summed E-state index contributed by atoms with van der Waals surface area (Å²) < 4.78 is 4.68. The number of imidazole rings is 1. The molecule has 0 unspecified atom stereocenters. The molecular formula is C24H45IN2Si. The van der Waals surface area contributed by atoms with Crippen molar-refractivity contribution in [2.45, 2.75) is 123 Å². The fraction of sp³-hybridized carbons (Fsp3) is 0.792. The van der Waals surface area contributed by atoms with E-state index in [0.717, 1.165) is 19.5 Å². The van der Waals surface area contributed by atoms with Crippen molar-refractivity contribution in [2.24, 2.45) is 0 Å². The number of halogens is 1. The first-order valence-electron chi connectivity index (χ1n) is 11.4. The molecular weight excluding hydrogens is 471 g/mol. The molecule has 28 heavy (non-hydrogen) atoms. The number of hydrogen-bond donors (Lipinski definition) is 0. The fourth-order valence-electron chi connectivity index (χ4n) is 3.46. The summed E-state index contributed by atoms with van der Waals surface area (Å²) in [6.45, 7) is 13.9. The van der Waals surface area contributed by atoms with Gasteiger partial charge < -0.3 is 24.0 Å². The minimum atomic E-state index is -0.809. The lowest BCUT2D eigenvalue weighted by Gasteiger charge is -2.14. The van der Waals surface area contributed by atoms with Crippen molar-refractivity contribution in [3.63, 3.8) is 0 Å². The fourth-order valence-corrected chi connectivity index (χ4v) is 4.77. The molecule has 0 aliphatic rings. The van der Waals surface area contributed by atoms with Crippen molar-refractivity contribution in [3.05, 3.63) is 18.2 Å². The van der Waals surface area contributed by atoms with Crippen LogP contribution in [-0.4, -0.2) is 12.6 Å². The Kier molecular flexibility index (Phi) is 16.3. The Bertz CT molecular complexity index is 563. The Morgan fingerprint density at radius 3 is 2.18 bits per heavy atom. The molecule has 1 aromatic heterocycles. The molecule has 0 aliphatic heterocycles. The Labute approximate surface area is 193 Å². The first-order chi connectivity index (χ1) is 12.9. The molecule has 4 heteroatoms. The molecule has 0 saturated heterocycles. The van der Waals surface area contributed by atoms with Crippen LogP contribution in [0.2, 0.25) is 25.7 Å².